The molecule has 0 atom stereocenters. The molecule has 26 heavy (non-hydrogen) atoms. The molecular formula is C20H21NO5. The molecule has 0 radical (unpaired) electrons. The highest BCUT2D eigenvalue weighted by molar-refractivity contribution is 6.20. The quantitative estimate of drug-likeness (QED) is 0.681. The van der Waals surface area contributed by atoms with Gasteiger partial charge in [0.2, 0.25) is 0 Å². The third-order valence-electron chi connectivity index (χ3n) is 4.28. The number of hydroxylamine groups is 2. The standard InChI is InChI=1S/C20H21NO5/c1-24-12-16(13-25-2)15-7-5-6-14(10-15)11-26-21-19(22)17-8-3-4-9-18(17)20(21)23/h3-10,16H,11-13H2,1-2H3. The van der Waals surface area contributed by atoms with Gasteiger partial charge in [0.1, 0.15) is 6.61 Å². The van der Waals surface area contributed by atoms with Crippen molar-refractivity contribution in [2.75, 3.05) is 27.4 Å². The number of fused-ring (bicyclic) bond motifs is 1. The highest BCUT2D eigenvalue weighted by Crippen LogP contribution is 2.24. The van der Waals surface area contributed by atoms with Crippen molar-refractivity contribution < 1.29 is 23.9 Å². The fourth-order valence-corrected chi connectivity index (χ4v) is 3.00. The fraction of sp³-hybridized carbons (Fsp3) is 0.300. The van der Waals surface area contributed by atoms with Gasteiger partial charge in [-0.05, 0) is 23.3 Å². The van der Waals surface area contributed by atoms with Gasteiger partial charge in [-0.15, -0.1) is 5.06 Å². The SMILES string of the molecule is COCC(COC)c1cccc(CON2C(=O)c3ccccc3C2=O)c1. The average molecular weight is 355 g/mol. The smallest absolute Gasteiger partial charge is 0.285 e. The largest absolute Gasteiger partial charge is 0.384 e. The minimum atomic E-state index is -0.432. The van der Waals surface area contributed by atoms with E-state index in [1.165, 1.54) is 0 Å². The number of benzene rings is 2. The van der Waals surface area contributed by atoms with E-state index < -0.39 is 11.8 Å². The third-order valence-corrected chi connectivity index (χ3v) is 4.28. The van der Waals surface area contributed by atoms with Gasteiger partial charge < -0.3 is 9.47 Å². The molecule has 3 rings (SSSR count). The summed E-state index contributed by atoms with van der Waals surface area (Å²) in [6.45, 7) is 1.19. The van der Waals surface area contributed by atoms with Crippen LogP contribution in [-0.4, -0.2) is 44.3 Å². The summed E-state index contributed by atoms with van der Waals surface area (Å²) >= 11 is 0. The van der Waals surface area contributed by atoms with Crippen LogP contribution >= 0.6 is 0 Å². The van der Waals surface area contributed by atoms with Crippen molar-refractivity contribution in [3.05, 3.63) is 70.8 Å². The number of hydrogen-bond acceptors (Lipinski definition) is 5. The molecule has 0 saturated heterocycles. The van der Waals surface area contributed by atoms with Gasteiger partial charge in [-0.3, -0.25) is 14.4 Å². The maximum absolute atomic E-state index is 12.3. The molecule has 1 heterocycles. The van der Waals surface area contributed by atoms with Gasteiger partial charge in [0.25, 0.3) is 11.8 Å². The lowest BCUT2D eigenvalue weighted by atomic mass is 9.99. The normalized spacial score (nSPS) is 13.6. The Balaban J connectivity index is 1.70. The Kier molecular flexibility index (Phi) is 5.78. The summed E-state index contributed by atoms with van der Waals surface area (Å²) in [6.07, 6.45) is 0. The number of imide groups is 1. The van der Waals surface area contributed by atoms with Crippen molar-refractivity contribution in [2.45, 2.75) is 12.5 Å². The summed E-state index contributed by atoms with van der Waals surface area (Å²) < 4.78 is 10.5. The van der Waals surface area contributed by atoms with Crippen LogP contribution in [0.1, 0.15) is 37.8 Å². The molecule has 6 heteroatoms. The van der Waals surface area contributed by atoms with Crippen molar-refractivity contribution in [1.29, 1.82) is 0 Å². The van der Waals surface area contributed by atoms with Crippen LogP contribution in [0.3, 0.4) is 0 Å². The second kappa shape index (κ2) is 8.23. The number of hydrogen-bond donors (Lipinski definition) is 0. The first-order valence-corrected chi connectivity index (χ1v) is 8.33. The first-order chi connectivity index (χ1) is 12.7. The molecular weight excluding hydrogens is 334 g/mol. The highest BCUT2D eigenvalue weighted by atomic mass is 16.7. The summed E-state index contributed by atoms with van der Waals surface area (Å²) in [5.41, 5.74) is 2.64. The number of methoxy groups -OCH3 is 2. The van der Waals surface area contributed by atoms with E-state index in [0.29, 0.717) is 24.3 Å². The van der Waals surface area contributed by atoms with Gasteiger partial charge in [-0.2, -0.15) is 0 Å². The Morgan fingerprint density at radius 2 is 1.50 bits per heavy atom. The van der Waals surface area contributed by atoms with Crippen LogP contribution in [0.2, 0.25) is 0 Å². The van der Waals surface area contributed by atoms with Gasteiger partial charge in [0, 0.05) is 20.1 Å². The van der Waals surface area contributed by atoms with Crippen molar-refractivity contribution in [3.63, 3.8) is 0 Å². The molecule has 1 aliphatic rings. The van der Waals surface area contributed by atoms with Gasteiger partial charge in [-0.1, -0.05) is 36.4 Å². The van der Waals surface area contributed by atoms with Crippen LogP contribution in [0.4, 0.5) is 0 Å². The van der Waals surface area contributed by atoms with Crippen LogP contribution in [0.5, 0.6) is 0 Å². The van der Waals surface area contributed by atoms with Gasteiger partial charge in [0.05, 0.1) is 24.3 Å². The lowest BCUT2D eigenvalue weighted by molar-refractivity contribution is -0.101. The number of nitrogens with zero attached hydrogens (tertiary/aromatic N) is 1. The van der Waals surface area contributed by atoms with Crippen LogP contribution in [-0.2, 0) is 20.9 Å². The number of ether oxygens (including phenoxy) is 2. The average Bonchev–Trinajstić information content (AvgIpc) is 2.91. The zero-order chi connectivity index (χ0) is 18.5. The van der Waals surface area contributed by atoms with Gasteiger partial charge in [-0.25, -0.2) is 0 Å². The predicted molar refractivity (Wildman–Crippen MR) is 94.7 cm³/mol. The monoisotopic (exact) mass is 355 g/mol. The van der Waals surface area contributed by atoms with Crippen LogP contribution in [0.15, 0.2) is 48.5 Å². The maximum Gasteiger partial charge on any atom is 0.285 e. The van der Waals surface area contributed by atoms with E-state index in [4.69, 9.17) is 14.3 Å². The third kappa shape index (κ3) is 3.67. The van der Waals surface area contributed by atoms with Gasteiger partial charge >= 0.3 is 0 Å². The van der Waals surface area contributed by atoms with Crippen LogP contribution < -0.4 is 0 Å². The predicted octanol–water partition coefficient (Wildman–Crippen LogP) is 2.79. The van der Waals surface area contributed by atoms with E-state index in [9.17, 15) is 9.59 Å². The molecule has 2 amide bonds. The molecule has 0 N–H and O–H groups in total. The number of carbonyl (C=O) groups is 2. The molecule has 0 fully saturated rings. The molecule has 0 unspecified atom stereocenters. The summed E-state index contributed by atoms with van der Waals surface area (Å²) in [5.74, 6) is -0.763. The Morgan fingerprint density at radius 3 is 2.08 bits per heavy atom. The first-order valence-electron chi connectivity index (χ1n) is 8.33. The Labute approximate surface area is 152 Å². The zero-order valence-electron chi connectivity index (χ0n) is 14.8. The minimum Gasteiger partial charge on any atom is -0.384 e. The maximum atomic E-state index is 12.3. The zero-order valence-corrected chi connectivity index (χ0v) is 14.8. The Morgan fingerprint density at radius 1 is 0.885 bits per heavy atom. The van der Waals surface area contributed by atoms with Crippen LogP contribution in [0.25, 0.3) is 0 Å². The summed E-state index contributed by atoms with van der Waals surface area (Å²) in [7, 11) is 3.30. The minimum absolute atomic E-state index is 0.101. The van der Waals surface area contributed by atoms with E-state index in [-0.39, 0.29) is 12.5 Å². The molecule has 136 valence electrons. The summed E-state index contributed by atoms with van der Waals surface area (Å²) in [4.78, 5) is 30.2. The molecule has 2 aromatic carbocycles. The Bertz CT molecular complexity index is 763. The number of carbonyl (C=O) groups excluding carboxylic acids is 2. The molecule has 0 spiro atoms. The van der Waals surface area contributed by atoms with Crippen molar-refractivity contribution in [1.82, 2.24) is 5.06 Å². The molecule has 2 aromatic rings. The van der Waals surface area contributed by atoms with Crippen molar-refractivity contribution in [2.24, 2.45) is 0 Å². The lowest BCUT2D eigenvalue weighted by Crippen LogP contribution is -2.29. The van der Waals surface area contributed by atoms with E-state index in [1.807, 2.05) is 24.3 Å². The topological polar surface area (TPSA) is 65.1 Å². The van der Waals surface area contributed by atoms with Gasteiger partial charge in [0.15, 0.2) is 0 Å². The molecule has 6 nitrogen and oxygen atoms in total. The van der Waals surface area contributed by atoms with E-state index in [1.54, 1.807) is 38.5 Å². The first kappa shape index (κ1) is 18.3. The molecule has 0 aromatic heterocycles. The van der Waals surface area contributed by atoms with Crippen molar-refractivity contribution >= 4 is 11.8 Å². The highest BCUT2D eigenvalue weighted by Gasteiger charge is 2.36. The van der Waals surface area contributed by atoms with E-state index in [2.05, 4.69) is 0 Å². The summed E-state index contributed by atoms with van der Waals surface area (Å²) in [5, 5.41) is 0.832. The molecule has 1 aliphatic heterocycles. The molecule has 0 bridgehead atoms. The van der Waals surface area contributed by atoms with Crippen LogP contribution in [0, 0.1) is 0 Å². The second-order valence-electron chi connectivity index (χ2n) is 6.08. The molecule has 0 aliphatic carbocycles. The number of rotatable bonds is 8. The molecule has 0 saturated carbocycles. The lowest BCUT2D eigenvalue weighted by Gasteiger charge is -2.17. The Hall–Kier alpha value is -2.54. The second-order valence-corrected chi connectivity index (χ2v) is 6.08. The van der Waals surface area contributed by atoms with E-state index in [0.717, 1.165) is 16.2 Å². The fourth-order valence-electron chi connectivity index (χ4n) is 3.00. The van der Waals surface area contributed by atoms with E-state index >= 15 is 0 Å². The summed E-state index contributed by atoms with van der Waals surface area (Å²) in [6, 6.07) is 14.5. The van der Waals surface area contributed by atoms with Crippen molar-refractivity contribution in [3.8, 4) is 0 Å². The number of amides is 2.